The summed E-state index contributed by atoms with van der Waals surface area (Å²) in [6, 6.07) is 0. The highest BCUT2D eigenvalue weighted by atomic mass is 32.5. The Balaban J connectivity index is 2.47. The van der Waals surface area contributed by atoms with Crippen LogP contribution in [0.2, 0.25) is 0 Å². The molecule has 1 saturated carbocycles. The fraction of sp³-hybridized carbons (Fsp3) is 1.00. The van der Waals surface area contributed by atoms with E-state index in [1.807, 2.05) is 0 Å². The molecule has 0 bridgehead atoms. The van der Waals surface area contributed by atoms with Gasteiger partial charge in [-0.2, -0.15) is 0 Å². The van der Waals surface area contributed by atoms with Gasteiger partial charge in [0.2, 0.25) is 0 Å². The van der Waals surface area contributed by atoms with Crippen LogP contribution in [0.1, 0.15) is 32.1 Å². The zero-order valence-electron chi connectivity index (χ0n) is 7.98. The lowest BCUT2D eigenvalue weighted by Crippen LogP contribution is -2.15. The quantitative estimate of drug-likeness (QED) is 0.681. The lowest BCUT2D eigenvalue weighted by Gasteiger charge is -2.26. The molecule has 3 N–H and O–H groups in total. The van der Waals surface area contributed by atoms with Crippen molar-refractivity contribution in [3.8, 4) is 0 Å². The van der Waals surface area contributed by atoms with Crippen LogP contribution in [0, 0.1) is 0 Å². The molecule has 1 atom stereocenters. The maximum atomic E-state index is 9.52. The van der Waals surface area contributed by atoms with Crippen LogP contribution in [0.3, 0.4) is 0 Å². The van der Waals surface area contributed by atoms with Crippen LogP contribution in [0.25, 0.3) is 0 Å². The summed E-state index contributed by atoms with van der Waals surface area (Å²) < 4.78 is 9.58. The highest BCUT2D eigenvalue weighted by Gasteiger charge is 2.28. The minimum Gasteiger partial charge on any atom is -0.324 e. The highest BCUT2D eigenvalue weighted by molar-refractivity contribution is 8.14. The van der Waals surface area contributed by atoms with Crippen LogP contribution in [-0.4, -0.2) is 20.8 Å². The van der Waals surface area contributed by atoms with Gasteiger partial charge in [-0.1, -0.05) is 19.3 Å². The van der Waals surface area contributed by atoms with E-state index in [2.05, 4.69) is 27.9 Å². The van der Waals surface area contributed by atoms with E-state index in [9.17, 15) is 4.89 Å². The molecule has 0 aromatic rings. The first-order chi connectivity index (χ1) is 6.79. The molecule has 0 aromatic heterocycles. The molecule has 1 aliphatic carbocycles. The van der Waals surface area contributed by atoms with Crippen molar-refractivity contribution in [1.29, 1.82) is 0 Å². The number of rotatable bonds is 4. The summed E-state index contributed by atoms with van der Waals surface area (Å²) in [5.41, 5.74) is 0. The third-order valence-corrected chi connectivity index (χ3v) is 5.74. The first-order valence-electron chi connectivity index (χ1n) is 4.57. The molecule has 1 aliphatic rings. The van der Waals surface area contributed by atoms with Gasteiger partial charge in [0, 0.05) is 0 Å². The standard InChI is InChI=1S/C6H14O5P2S2/c7-12(8,14)11-13(9,15)10-6-4-2-1-3-5-6/h6H,1-5H2,(H,9,15)(H2,7,8,14). The van der Waals surface area contributed by atoms with E-state index in [1.165, 1.54) is 0 Å². The van der Waals surface area contributed by atoms with Crippen molar-refractivity contribution in [2.45, 2.75) is 38.2 Å². The second-order valence-electron chi connectivity index (χ2n) is 3.41. The first kappa shape index (κ1) is 14.2. The van der Waals surface area contributed by atoms with Gasteiger partial charge < -0.3 is 19.2 Å². The maximum Gasteiger partial charge on any atom is 0.332 e. The third-order valence-electron chi connectivity index (χ3n) is 2.04. The maximum absolute atomic E-state index is 9.52. The van der Waals surface area contributed by atoms with Crippen LogP contribution >= 0.6 is 13.4 Å². The zero-order valence-corrected chi connectivity index (χ0v) is 11.4. The van der Waals surface area contributed by atoms with Crippen molar-refractivity contribution in [1.82, 2.24) is 0 Å². The molecule has 90 valence electrons. The smallest absolute Gasteiger partial charge is 0.324 e. The molecule has 0 saturated heterocycles. The lowest BCUT2D eigenvalue weighted by molar-refractivity contribution is 0.131. The van der Waals surface area contributed by atoms with Crippen molar-refractivity contribution in [3.05, 3.63) is 0 Å². The third kappa shape index (κ3) is 6.41. The Morgan fingerprint density at radius 3 is 2.00 bits per heavy atom. The predicted molar refractivity (Wildman–Crippen MR) is 64.3 cm³/mol. The normalized spacial score (nSPS) is 23.7. The topological polar surface area (TPSA) is 79.2 Å². The summed E-state index contributed by atoms with van der Waals surface area (Å²) in [5.74, 6) is 0. The van der Waals surface area contributed by atoms with Gasteiger partial charge in [-0.05, 0) is 36.5 Å². The van der Waals surface area contributed by atoms with Crippen LogP contribution in [-0.2, 0) is 32.4 Å². The van der Waals surface area contributed by atoms with Crippen molar-refractivity contribution in [2.75, 3.05) is 0 Å². The van der Waals surface area contributed by atoms with Crippen LogP contribution < -0.4 is 0 Å². The minimum atomic E-state index is -3.95. The van der Waals surface area contributed by atoms with Crippen molar-refractivity contribution in [3.63, 3.8) is 0 Å². The largest absolute Gasteiger partial charge is 0.332 e. The predicted octanol–water partition coefficient (Wildman–Crippen LogP) is 1.78. The van der Waals surface area contributed by atoms with E-state index >= 15 is 0 Å². The molecule has 0 heterocycles. The van der Waals surface area contributed by atoms with E-state index in [0.717, 1.165) is 32.1 Å². The monoisotopic (exact) mass is 292 g/mol. The lowest BCUT2D eigenvalue weighted by atomic mass is 9.98. The number of hydrogen-bond acceptors (Lipinski definition) is 4. The van der Waals surface area contributed by atoms with E-state index in [4.69, 9.17) is 14.3 Å². The molecule has 0 aromatic carbocycles. The molecular weight excluding hydrogens is 278 g/mol. The summed E-state index contributed by atoms with van der Waals surface area (Å²) in [5, 5.41) is 0. The van der Waals surface area contributed by atoms with Gasteiger partial charge in [0.25, 0.3) is 0 Å². The molecule has 15 heavy (non-hydrogen) atoms. The SMILES string of the molecule is OP(O)(=S)OP(O)(=S)OC1CCCCC1. The van der Waals surface area contributed by atoms with Crippen LogP contribution in [0.4, 0.5) is 0 Å². The van der Waals surface area contributed by atoms with E-state index < -0.39 is 13.4 Å². The Bertz CT molecular complexity index is 298. The van der Waals surface area contributed by atoms with E-state index in [0.29, 0.717) is 0 Å². The molecule has 5 nitrogen and oxygen atoms in total. The Hall–Kier alpha value is 1.10. The average Bonchev–Trinajstić information content (AvgIpc) is 1.99. The Morgan fingerprint density at radius 2 is 1.53 bits per heavy atom. The summed E-state index contributed by atoms with van der Waals surface area (Å²) in [7, 11) is 0. The number of hydrogen-bond donors (Lipinski definition) is 3. The molecule has 0 aliphatic heterocycles. The van der Waals surface area contributed by atoms with Gasteiger partial charge in [-0.25, -0.2) is 4.31 Å². The Kier molecular flexibility index (Phi) is 5.31. The minimum absolute atomic E-state index is 0.156. The Morgan fingerprint density at radius 1 is 1.00 bits per heavy atom. The summed E-state index contributed by atoms with van der Waals surface area (Å²) in [6.07, 6.45) is 4.65. The van der Waals surface area contributed by atoms with Gasteiger partial charge in [0.05, 0.1) is 6.10 Å². The van der Waals surface area contributed by atoms with Gasteiger partial charge in [0.1, 0.15) is 0 Å². The van der Waals surface area contributed by atoms with Gasteiger partial charge >= 0.3 is 13.4 Å². The van der Waals surface area contributed by atoms with Gasteiger partial charge in [-0.15, -0.1) is 0 Å². The second-order valence-corrected chi connectivity index (χ2v) is 9.00. The summed E-state index contributed by atoms with van der Waals surface area (Å²) >= 11 is 8.86. The molecule has 1 rings (SSSR count). The van der Waals surface area contributed by atoms with Crippen molar-refractivity contribution in [2.24, 2.45) is 0 Å². The molecule has 1 fully saturated rings. The first-order valence-corrected chi connectivity index (χ1v) is 9.78. The molecular formula is C6H14O5P2S2. The summed E-state index contributed by atoms with van der Waals surface area (Å²) in [6.45, 7) is -7.56. The van der Waals surface area contributed by atoms with Gasteiger partial charge in [0.15, 0.2) is 0 Å². The fourth-order valence-corrected chi connectivity index (χ4v) is 5.72. The van der Waals surface area contributed by atoms with Crippen LogP contribution in [0.15, 0.2) is 0 Å². The zero-order chi connectivity index (χ0) is 11.5. The molecule has 9 heteroatoms. The molecule has 0 radical (unpaired) electrons. The van der Waals surface area contributed by atoms with E-state index in [1.54, 1.807) is 0 Å². The van der Waals surface area contributed by atoms with Gasteiger partial charge in [-0.3, -0.25) is 0 Å². The Labute approximate surface area is 98.9 Å². The fourth-order valence-electron chi connectivity index (χ4n) is 1.51. The second kappa shape index (κ2) is 5.63. The average molecular weight is 292 g/mol. The van der Waals surface area contributed by atoms with Crippen molar-refractivity contribution >= 4 is 37.1 Å². The summed E-state index contributed by atoms with van der Waals surface area (Å²) in [4.78, 5) is 27.3. The molecule has 0 spiro atoms. The molecule has 0 amide bonds. The van der Waals surface area contributed by atoms with Crippen LogP contribution in [0.5, 0.6) is 0 Å². The van der Waals surface area contributed by atoms with Crippen molar-refractivity contribution < 1.29 is 23.5 Å². The van der Waals surface area contributed by atoms with E-state index in [-0.39, 0.29) is 6.10 Å². The molecule has 1 unspecified atom stereocenters. The highest BCUT2D eigenvalue weighted by Crippen LogP contribution is 2.59.